The Kier molecular flexibility index (Phi) is 4.92. The first-order chi connectivity index (χ1) is 6.74. The summed E-state index contributed by atoms with van der Waals surface area (Å²) in [4.78, 5) is 11.7. The number of allylic oxidation sites excluding steroid dienone is 2. The number of rotatable bonds is 5. The molecule has 0 spiro atoms. The molecule has 1 unspecified atom stereocenters. The molecule has 0 aromatic heterocycles. The average molecular weight is 194 g/mol. The molecular formula is C13H22O. The lowest BCUT2D eigenvalue weighted by Gasteiger charge is -2.17. The van der Waals surface area contributed by atoms with Crippen LogP contribution >= 0.6 is 0 Å². The Labute approximate surface area is 87.6 Å². The minimum absolute atomic E-state index is 0.408. The summed E-state index contributed by atoms with van der Waals surface area (Å²) in [6, 6.07) is 0. The standard InChI is InChI=1S/C13H22O/c1-3-4-5-6-13(14)12-9-7-11(2)8-10-12/h9,11H,3-8,10H2,1-2H3. The third-order valence-electron chi connectivity index (χ3n) is 3.04. The quantitative estimate of drug-likeness (QED) is 0.607. The van der Waals surface area contributed by atoms with Crippen molar-refractivity contribution in [3.63, 3.8) is 0 Å². The number of carbonyl (C=O) groups excluding carboxylic acids is 1. The molecule has 0 bridgehead atoms. The summed E-state index contributed by atoms with van der Waals surface area (Å²) in [7, 11) is 0. The monoisotopic (exact) mass is 194 g/mol. The van der Waals surface area contributed by atoms with E-state index in [1.165, 1.54) is 19.3 Å². The molecule has 0 aromatic carbocycles. The summed E-state index contributed by atoms with van der Waals surface area (Å²) in [6.07, 6.45) is 9.73. The molecule has 1 heteroatoms. The van der Waals surface area contributed by atoms with Gasteiger partial charge in [-0.15, -0.1) is 0 Å². The van der Waals surface area contributed by atoms with E-state index in [2.05, 4.69) is 19.9 Å². The maximum absolute atomic E-state index is 11.7. The molecule has 0 radical (unpaired) electrons. The number of unbranched alkanes of at least 4 members (excludes halogenated alkanes) is 2. The van der Waals surface area contributed by atoms with Crippen LogP contribution in [0, 0.1) is 5.92 Å². The molecule has 0 heterocycles. The van der Waals surface area contributed by atoms with Crippen LogP contribution in [0.2, 0.25) is 0 Å². The summed E-state index contributed by atoms with van der Waals surface area (Å²) in [5, 5.41) is 0. The van der Waals surface area contributed by atoms with Gasteiger partial charge in [0.05, 0.1) is 0 Å². The average Bonchev–Trinajstić information content (AvgIpc) is 2.19. The largest absolute Gasteiger partial charge is 0.295 e. The van der Waals surface area contributed by atoms with Crippen LogP contribution in [-0.4, -0.2) is 5.78 Å². The lowest BCUT2D eigenvalue weighted by Crippen LogP contribution is -2.09. The van der Waals surface area contributed by atoms with Gasteiger partial charge in [-0.05, 0) is 37.2 Å². The van der Waals surface area contributed by atoms with Crippen LogP contribution in [-0.2, 0) is 4.79 Å². The SMILES string of the molecule is CCCCCC(=O)C1=CCC(C)CC1. The topological polar surface area (TPSA) is 17.1 Å². The minimum Gasteiger partial charge on any atom is -0.295 e. The lowest BCUT2D eigenvalue weighted by atomic mass is 9.88. The number of carbonyl (C=O) groups is 1. The van der Waals surface area contributed by atoms with Crippen molar-refractivity contribution in [1.29, 1.82) is 0 Å². The van der Waals surface area contributed by atoms with Gasteiger partial charge in [-0.3, -0.25) is 4.79 Å². The van der Waals surface area contributed by atoms with Crippen LogP contribution in [0.1, 0.15) is 58.8 Å². The Morgan fingerprint density at radius 3 is 2.86 bits per heavy atom. The molecule has 1 atom stereocenters. The number of ketones is 1. The van der Waals surface area contributed by atoms with Crippen molar-refractivity contribution in [2.24, 2.45) is 5.92 Å². The zero-order valence-corrected chi connectivity index (χ0v) is 9.51. The van der Waals surface area contributed by atoms with Gasteiger partial charge in [-0.2, -0.15) is 0 Å². The van der Waals surface area contributed by atoms with E-state index in [9.17, 15) is 4.79 Å². The van der Waals surface area contributed by atoms with Crippen molar-refractivity contribution < 1.29 is 4.79 Å². The Morgan fingerprint density at radius 2 is 2.29 bits per heavy atom. The van der Waals surface area contributed by atoms with Crippen LogP contribution in [0.4, 0.5) is 0 Å². The lowest BCUT2D eigenvalue weighted by molar-refractivity contribution is -0.115. The summed E-state index contributed by atoms with van der Waals surface area (Å²) < 4.78 is 0. The Hall–Kier alpha value is -0.590. The van der Waals surface area contributed by atoms with Crippen molar-refractivity contribution in [3.8, 4) is 0 Å². The van der Waals surface area contributed by atoms with E-state index in [0.717, 1.165) is 37.2 Å². The zero-order chi connectivity index (χ0) is 10.4. The van der Waals surface area contributed by atoms with Crippen LogP contribution < -0.4 is 0 Å². The second kappa shape index (κ2) is 6.00. The Bertz CT molecular complexity index is 215. The molecule has 14 heavy (non-hydrogen) atoms. The van der Waals surface area contributed by atoms with Gasteiger partial charge in [-0.25, -0.2) is 0 Å². The predicted molar refractivity (Wildman–Crippen MR) is 60.2 cm³/mol. The van der Waals surface area contributed by atoms with Gasteiger partial charge in [-0.1, -0.05) is 32.8 Å². The second-order valence-corrected chi connectivity index (χ2v) is 4.49. The van der Waals surface area contributed by atoms with Crippen molar-refractivity contribution in [2.45, 2.75) is 58.8 Å². The number of hydrogen-bond donors (Lipinski definition) is 0. The maximum Gasteiger partial charge on any atom is 0.158 e. The van der Waals surface area contributed by atoms with Gasteiger partial charge >= 0.3 is 0 Å². The smallest absolute Gasteiger partial charge is 0.158 e. The fourth-order valence-corrected chi connectivity index (χ4v) is 1.91. The number of Topliss-reactive ketones (excluding diaryl/α,β-unsaturated/α-hetero) is 1. The van der Waals surface area contributed by atoms with E-state index >= 15 is 0 Å². The van der Waals surface area contributed by atoms with Crippen molar-refractivity contribution in [2.75, 3.05) is 0 Å². The molecule has 80 valence electrons. The van der Waals surface area contributed by atoms with E-state index in [1.807, 2.05) is 0 Å². The Balaban J connectivity index is 2.30. The zero-order valence-electron chi connectivity index (χ0n) is 9.51. The number of hydrogen-bond acceptors (Lipinski definition) is 1. The van der Waals surface area contributed by atoms with Gasteiger partial charge in [0, 0.05) is 6.42 Å². The highest BCUT2D eigenvalue weighted by Gasteiger charge is 2.15. The van der Waals surface area contributed by atoms with Crippen LogP contribution in [0.3, 0.4) is 0 Å². The normalized spacial score (nSPS) is 21.9. The van der Waals surface area contributed by atoms with Gasteiger partial charge in [0.1, 0.15) is 0 Å². The highest BCUT2D eigenvalue weighted by Crippen LogP contribution is 2.24. The molecule has 0 fully saturated rings. The molecular weight excluding hydrogens is 172 g/mol. The van der Waals surface area contributed by atoms with E-state index in [-0.39, 0.29) is 0 Å². The van der Waals surface area contributed by atoms with E-state index in [4.69, 9.17) is 0 Å². The fourth-order valence-electron chi connectivity index (χ4n) is 1.91. The van der Waals surface area contributed by atoms with Crippen molar-refractivity contribution in [1.82, 2.24) is 0 Å². The Morgan fingerprint density at radius 1 is 1.50 bits per heavy atom. The van der Waals surface area contributed by atoms with Crippen LogP contribution in [0.15, 0.2) is 11.6 Å². The molecule has 0 amide bonds. The highest BCUT2D eigenvalue weighted by atomic mass is 16.1. The molecule has 0 aliphatic heterocycles. The van der Waals surface area contributed by atoms with E-state index in [1.54, 1.807) is 0 Å². The highest BCUT2D eigenvalue weighted by molar-refractivity contribution is 5.95. The summed E-state index contributed by atoms with van der Waals surface area (Å²) in [5.74, 6) is 1.19. The summed E-state index contributed by atoms with van der Waals surface area (Å²) in [6.45, 7) is 4.43. The molecule has 1 rings (SSSR count). The van der Waals surface area contributed by atoms with Gasteiger partial charge in [0.15, 0.2) is 5.78 Å². The first-order valence-corrected chi connectivity index (χ1v) is 5.96. The molecule has 0 N–H and O–H groups in total. The predicted octanol–water partition coefficient (Wildman–Crippen LogP) is 3.88. The molecule has 0 saturated heterocycles. The van der Waals surface area contributed by atoms with Gasteiger partial charge in [0.25, 0.3) is 0 Å². The van der Waals surface area contributed by atoms with E-state index < -0.39 is 0 Å². The molecule has 0 aromatic rings. The first-order valence-electron chi connectivity index (χ1n) is 5.96. The summed E-state index contributed by atoms with van der Waals surface area (Å²) >= 11 is 0. The minimum atomic E-state index is 0.408. The molecule has 1 aliphatic carbocycles. The van der Waals surface area contributed by atoms with Gasteiger partial charge < -0.3 is 0 Å². The third kappa shape index (κ3) is 3.65. The first kappa shape index (κ1) is 11.5. The van der Waals surface area contributed by atoms with Crippen LogP contribution in [0.5, 0.6) is 0 Å². The van der Waals surface area contributed by atoms with Crippen LogP contribution in [0.25, 0.3) is 0 Å². The molecule has 1 nitrogen and oxygen atoms in total. The summed E-state index contributed by atoms with van der Waals surface area (Å²) in [5.41, 5.74) is 1.11. The van der Waals surface area contributed by atoms with Gasteiger partial charge in [0.2, 0.25) is 0 Å². The van der Waals surface area contributed by atoms with Crippen molar-refractivity contribution in [3.05, 3.63) is 11.6 Å². The van der Waals surface area contributed by atoms with Crippen molar-refractivity contribution >= 4 is 5.78 Å². The molecule has 0 saturated carbocycles. The maximum atomic E-state index is 11.7. The molecule has 1 aliphatic rings. The fraction of sp³-hybridized carbons (Fsp3) is 0.769. The second-order valence-electron chi connectivity index (χ2n) is 4.49. The van der Waals surface area contributed by atoms with E-state index in [0.29, 0.717) is 5.78 Å². The third-order valence-corrected chi connectivity index (χ3v) is 3.04.